The molecule has 9 nitrogen and oxygen atoms in total. The van der Waals surface area contributed by atoms with Gasteiger partial charge in [0, 0.05) is 12.0 Å². The van der Waals surface area contributed by atoms with Crippen LogP contribution in [0.4, 0.5) is 4.79 Å². The Morgan fingerprint density at radius 2 is 1.82 bits per heavy atom. The first kappa shape index (κ1) is 27.5. The lowest BCUT2D eigenvalue weighted by atomic mass is 9.92. The van der Waals surface area contributed by atoms with Gasteiger partial charge in [-0.3, -0.25) is 19.7 Å². The third-order valence-corrected chi connectivity index (χ3v) is 7.68. The first-order valence-electron chi connectivity index (χ1n) is 12.4. The van der Waals surface area contributed by atoms with E-state index in [1.165, 1.54) is 0 Å². The normalized spacial score (nSPS) is 18.2. The minimum absolute atomic E-state index is 0.0243. The molecule has 2 aliphatic heterocycles. The van der Waals surface area contributed by atoms with Gasteiger partial charge in [0.05, 0.1) is 24.0 Å². The molecule has 38 heavy (non-hydrogen) atoms. The molecule has 2 unspecified atom stereocenters. The van der Waals surface area contributed by atoms with Crippen molar-refractivity contribution in [3.05, 3.63) is 52.1 Å². The maximum absolute atomic E-state index is 13.1. The lowest BCUT2D eigenvalue weighted by Crippen LogP contribution is -2.48. The van der Waals surface area contributed by atoms with E-state index in [0.717, 1.165) is 28.5 Å². The first-order chi connectivity index (χ1) is 18.0. The number of fused-ring (bicyclic) bond motifs is 1. The molecule has 2 aliphatic rings. The van der Waals surface area contributed by atoms with Crippen LogP contribution in [0.3, 0.4) is 0 Å². The van der Waals surface area contributed by atoms with Gasteiger partial charge in [-0.25, -0.2) is 4.79 Å². The molecular formula is C28H31NO8S. The Hall–Kier alpha value is -3.53. The Morgan fingerprint density at radius 3 is 2.45 bits per heavy atom. The van der Waals surface area contributed by atoms with Crippen molar-refractivity contribution >= 4 is 34.7 Å². The molecule has 1 N–H and O–H groups in total. The van der Waals surface area contributed by atoms with Gasteiger partial charge in [0.1, 0.15) is 23.9 Å². The van der Waals surface area contributed by atoms with Gasteiger partial charge < -0.3 is 18.9 Å². The summed E-state index contributed by atoms with van der Waals surface area (Å²) >= 11 is 0.979. The second-order valence-corrected chi connectivity index (χ2v) is 10.7. The summed E-state index contributed by atoms with van der Waals surface area (Å²) in [4.78, 5) is 49.0. The molecule has 4 rings (SSSR count). The molecule has 2 atom stereocenters. The summed E-state index contributed by atoms with van der Waals surface area (Å²) in [6.07, 6.45) is 0.690. The van der Waals surface area contributed by atoms with Gasteiger partial charge in [0.2, 0.25) is 11.5 Å². The highest BCUT2D eigenvalue weighted by molar-refractivity contribution is 8.15. The molecule has 1 saturated heterocycles. The van der Waals surface area contributed by atoms with Gasteiger partial charge in [0.15, 0.2) is 5.78 Å². The van der Waals surface area contributed by atoms with Crippen molar-refractivity contribution in [3.8, 4) is 17.2 Å². The summed E-state index contributed by atoms with van der Waals surface area (Å²) < 4.78 is 23.4. The van der Waals surface area contributed by atoms with Gasteiger partial charge in [0.25, 0.3) is 5.24 Å². The number of Topliss-reactive ketones (excluding diaryl/α,β-unsaturated/α-hetero) is 1. The Morgan fingerprint density at radius 1 is 1.11 bits per heavy atom. The van der Waals surface area contributed by atoms with Gasteiger partial charge in [-0.1, -0.05) is 23.9 Å². The fourth-order valence-corrected chi connectivity index (χ4v) is 5.32. The lowest BCUT2D eigenvalue weighted by molar-refractivity contribution is -0.162. The number of rotatable bonds is 9. The van der Waals surface area contributed by atoms with E-state index in [0.29, 0.717) is 41.4 Å². The van der Waals surface area contributed by atoms with Crippen LogP contribution in [-0.2, 0) is 20.7 Å². The van der Waals surface area contributed by atoms with Crippen LogP contribution < -0.4 is 19.5 Å². The Balaban J connectivity index is 1.54. The molecule has 0 aromatic heterocycles. The molecule has 2 aromatic rings. The summed E-state index contributed by atoms with van der Waals surface area (Å²) in [6.45, 7) is 9.17. The molecule has 0 spiro atoms. The van der Waals surface area contributed by atoms with Crippen LogP contribution in [0.15, 0.2) is 24.3 Å². The van der Waals surface area contributed by atoms with Crippen molar-refractivity contribution < 1.29 is 38.1 Å². The highest BCUT2D eigenvalue weighted by Crippen LogP contribution is 2.41. The van der Waals surface area contributed by atoms with E-state index >= 15 is 0 Å². The molecule has 2 aromatic carbocycles. The van der Waals surface area contributed by atoms with Gasteiger partial charge in [-0.05, 0) is 69.9 Å². The van der Waals surface area contributed by atoms with E-state index in [9.17, 15) is 19.2 Å². The van der Waals surface area contributed by atoms with E-state index in [4.69, 9.17) is 18.9 Å². The summed E-state index contributed by atoms with van der Waals surface area (Å²) in [5, 5.41) is 1.49. The van der Waals surface area contributed by atoms with Crippen LogP contribution in [0, 0.1) is 20.8 Å². The Labute approximate surface area is 225 Å². The number of esters is 1. The largest absolute Gasteiger partial charge is 0.492 e. The first-order valence-corrected chi connectivity index (χ1v) is 13.3. The van der Waals surface area contributed by atoms with E-state index < -0.39 is 16.8 Å². The third kappa shape index (κ3) is 5.50. The fourth-order valence-electron chi connectivity index (χ4n) is 4.46. The highest BCUT2D eigenvalue weighted by Gasteiger charge is 2.41. The number of ketones is 1. The van der Waals surface area contributed by atoms with Crippen LogP contribution in [0.25, 0.3) is 0 Å². The standard InChI is InChI=1S/C28H31NO8S/c1-6-34-26(32)28(5,37-23-15(2)16(3)24-22(17(23)4)20(30)11-12-35-24)14-36-19-9-7-18(8-10-19)13-21-25(31)29-27(33)38-21/h7-10,21H,6,11-14H2,1-5H3,(H,29,31,33). The number of carbonyl (C=O) groups is 4. The lowest BCUT2D eigenvalue weighted by Gasteiger charge is -2.32. The van der Waals surface area contributed by atoms with Crippen LogP contribution in [0.1, 0.15) is 52.9 Å². The van der Waals surface area contributed by atoms with E-state index in [2.05, 4.69) is 5.32 Å². The second-order valence-electron chi connectivity index (χ2n) is 9.50. The van der Waals surface area contributed by atoms with Crippen molar-refractivity contribution in [1.29, 1.82) is 0 Å². The number of benzene rings is 2. The van der Waals surface area contributed by atoms with Crippen molar-refractivity contribution in [3.63, 3.8) is 0 Å². The zero-order chi connectivity index (χ0) is 27.6. The fraction of sp³-hybridized carbons (Fsp3) is 0.429. The van der Waals surface area contributed by atoms with Crippen molar-refractivity contribution in [1.82, 2.24) is 5.32 Å². The SMILES string of the molecule is CCOC(=O)C(C)(COc1ccc(CC2SC(=O)NC2=O)cc1)Oc1c(C)c(C)c2c(c1C)C(=O)CCO2. The van der Waals surface area contributed by atoms with Crippen LogP contribution in [0.2, 0.25) is 0 Å². The Bertz CT molecular complexity index is 1290. The average Bonchev–Trinajstić information content (AvgIpc) is 3.21. The smallest absolute Gasteiger partial charge is 0.353 e. The van der Waals surface area contributed by atoms with Crippen molar-refractivity contribution in [2.75, 3.05) is 19.8 Å². The number of amides is 2. The zero-order valence-electron chi connectivity index (χ0n) is 22.1. The minimum atomic E-state index is -1.51. The van der Waals surface area contributed by atoms with Gasteiger partial charge >= 0.3 is 5.97 Å². The summed E-state index contributed by atoms with van der Waals surface area (Å²) in [5.41, 5.74) is 2.00. The van der Waals surface area contributed by atoms with E-state index in [-0.39, 0.29) is 36.6 Å². The number of carbonyl (C=O) groups excluding carboxylic acids is 4. The molecule has 2 heterocycles. The summed E-state index contributed by atoms with van der Waals surface area (Å²) in [7, 11) is 0. The predicted octanol–water partition coefficient (Wildman–Crippen LogP) is 4.25. The highest BCUT2D eigenvalue weighted by atomic mass is 32.2. The molecule has 2 amide bonds. The van der Waals surface area contributed by atoms with Crippen molar-refractivity contribution in [2.24, 2.45) is 0 Å². The number of thioether (sulfide) groups is 1. The molecule has 0 radical (unpaired) electrons. The third-order valence-electron chi connectivity index (χ3n) is 6.70. The maximum Gasteiger partial charge on any atom is 0.353 e. The molecule has 0 aliphatic carbocycles. The molecule has 1 fully saturated rings. The minimum Gasteiger partial charge on any atom is -0.492 e. The van der Waals surface area contributed by atoms with Crippen molar-refractivity contribution in [2.45, 2.75) is 58.3 Å². The topological polar surface area (TPSA) is 117 Å². The van der Waals surface area contributed by atoms with E-state index in [1.807, 2.05) is 13.8 Å². The number of imide groups is 1. The zero-order valence-corrected chi connectivity index (χ0v) is 22.9. The van der Waals surface area contributed by atoms with E-state index in [1.54, 1.807) is 45.0 Å². The molecule has 0 saturated carbocycles. The molecule has 202 valence electrons. The predicted molar refractivity (Wildman–Crippen MR) is 141 cm³/mol. The number of hydrogen-bond donors (Lipinski definition) is 1. The average molecular weight is 542 g/mol. The van der Waals surface area contributed by atoms with Gasteiger partial charge in [-0.2, -0.15) is 0 Å². The molecule has 0 bridgehead atoms. The molecular weight excluding hydrogens is 510 g/mol. The maximum atomic E-state index is 13.1. The monoisotopic (exact) mass is 541 g/mol. The second kappa shape index (κ2) is 11.1. The number of hydrogen-bond acceptors (Lipinski definition) is 9. The van der Waals surface area contributed by atoms with Crippen LogP contribution in [-0.4, -0.2) is 53.6 Å². The number of nitrogens with one attached hydrogen (secondary N) is 1. The quantitative estimate of drug-likeness (QED) is 0.465. The van der Waals surface area contributed by atoms with Crippen LogP contribution in [0.5, 0.6) is 17.2 Å². The summed E-state index contributed by atoms with van der Waals surface area (Å²) in [6, 6.07) is 7.08. The number of ether oxygens (including phenoxy) is 4. The Kier molecular flexibility index (Phi) is 8.01. The van der Waals surface area contributed by atoms with Gasteiger partial charge in [-0.15, -0.1) is 0 Å². The molecule has 10 heteroatoms. The van der Waals surface area contributed by atoms with Crippen LogP contribution >= 0.6 is 11.8 Å². The summed E-state index contributed by atoms with van der Waals surface area (Å²) in [5.74, 6) is 0.572.